The molecule has 1 atom stereocenters. The van der Waals surface area contributed by atoms with Crippen LogP contribution in [0.1, 0.15) is 18.0 Å². The van der Waals surface area contributed by atoms with Crippen LogP contribution in [0.4, 0.5) is 0 Å². The van der Waals surface area contributed by atoms with Crippen LogP contribution in [0.25, 0.3) is 0 Å². The number of rotatable bonds is 3. The number of phenols is 2. The molecule has 1 aromatic rings. The third-order valence-corrected chi connectivity index (χ3v) is 2.02. The number of methoxy groups -OCH3 is 1. The molecular formula is C10H13NO4. The molecule has 0 saturated heterocycles. The van der Waals surface area contributed by atoms with Gasteiger partial charge in [-0.3, -0.25) is 4.79 Å². The minimum absolute atomic E-state index is 0.0110. The van der Waals surface area contributed by atoms with Crippen molar-refractivity contribution in [2.24, 2.45) is 5.73 Å². The normalized spacial score (nSPS) is 12.1. The van der Waals surface area contributed by atoms with Gasteiger partial charge in [-0.1, -0.05) is 0 Å². The van der Waals surface area contributed by atoms with Gasteiger partial charge in [0.2, 0.25) is 0 Å². The maximum absolute atomic E-state index is 10.9. The van der Waals surface area contributed by atoms with Crippen molar-refractivity contribution in [2.75, 3.05) is 7.11 Å². The molecular weight excluding hydrogens is 198 g/mol. The van der Waals surface area contributed by atoms with E-state index in [4.69, 9.17) is 5.73 Å². The topological polar surface area (TPSA) is 92.8 Å². The number of ether oxygens (including phenoxy) is 1. The molecule has 0 saturated carbocycles. The van der Waals surface area contributed by atoms with Gasteiger partial charge in [-0.2, -0.15) is 0 Å². The summed E-state index contributed by atoms with van der Waals surface area (Å²) in [6, 6.07) is 3.29. The Morgan fingerprint density at radius 1 is 1.53 bits per heavy atom. The molecule has 5 heteroatoms. The molecule has 0 aliphatic heterocycles. The summed E-state index contributed by atoms with van der Waals surface area (Å²) in [5, 5.41) is 18.6. The van der Waals surface area contributed by atoms with Crippen molar-refractivity contribution in [3.8, 4) is 11.5 Å². The molecule has 1 aromatic carbocycles. The van der Waals surface area contributed by atoms with Crippen molar-refractivity contribution in [1.82, 2.24) is 0 Å². The second-order valence-corrected chi connectivity index (χ2v) is 3.13. The highest BCUT2D eigenvalue weighted by Crippen LogP contribution is 2.28. The van der Waals surface area contributed by atoms with Gasteiger partial charge < -0.3 is 20.7 Å². The highest BCUT2D eigenvalue weighted by Gasteiger charge is 2.15. The lowest BCUT2D eigenvalue weighted by Gasteiger charge is -2.12. The van der Waals surface area contributed by atoms with Crippen LogP contribution < -0.4 is 5.73 Å². The van der Waals surface area contributed by atoms with E-state index >= 15 is 0 Å². The standard InChI is InChI=1S/C10H13NO4/c1-15-10(14)5-8(11)7-4-6(12)2-3-9(7)13/h2-4,8,12-13H,5,11H2,1H3. The molecule has 0 aliphatic carbocycles. The summed E-state index contributed by atoms with van der Waals surface area (Å²) < 4.78 is 4.45. The van der Waals surface area contributed by atoms with E-state index in [1.165, 1.54) is 25.3 Å². The fourth-order valence-electron chi connectivity index (χ4n) is 1.21. The molecule has 1 unspecified atom stereocenters. The van der Waals surface area contributed by atoms with Crippen LogP contribution in [-0.2, 0) is 9.53 Å². The van der Waals surface area contributed by atoms with Gasteiger partial charge in [-0.25, -0.2) is 0 Å². The smallest absolute Gasteiger partial charge is 0.307 e. The van der Waals surface area contributed by atoms with Gasteiger partial charge in [0, 0.05) is 11.6 Å². The van der Waals surface area contributed by atoms with Crippen molar-refractivity contribution in [3.63, 3.8) is 0 Å². The number of carbonyl (C=O) groups is 1. The van der Waals surface area contributed by atoms with Crippen LogP contribution in [0.5, 0.6) is 11.5 Å². The average Bonchev–Trinajstić information content (AvgIpc) is 2.21. The summed E-state index contributed by atoms with van der Waals surface area (Å²) in [5.41, 5.74) is 5.99. The Morgan fingerprint density at radius 3 is 2.80 bits per heavy atom. The SMILES string of the molecule is COC(=O)CC(N)c1cc(O)ccc1O. The van der Waals surface area contributed by atoms with Crippen molar-refractivity contribution in [1.29, 1.82) is 0 Å². The highest BCUT2D eigenvalue weighted by molar-refractivity contribution is 5.70. The summed E-state index contributed by atoms with van der Waals surface area (Å²) in [5.74, 6) is -0.530. The van der Waals surface area contributed by atoms with Crippen molar-refractivity contribution in [2.45, 2.75) is 12.5 Å². The number of nitrogens with two attached hydrogens (primary N) is 1. The van der Waals surface area contributed by atoms with Crippen molar-refractivity contribution in [3.05, 3.63) is 23.8 Å². The van der Waals surface area contributed by atoms with E-state index in [0.717, 1.165) is 0 Å². The van der Waals surface area contributed by atoms with Gasteiger partial charge in [-0.15, -0.1) is 0 Å². The molecule has 0 heterocycles. The van der Waals surface area contributed by atoms with Crippen molar-refractivity contribution >= 4 is 5.97 Å². The Morgan fingerprint density at radius 2 is 2.20 bits per heavy atom. The first-order valence-corrected chi connectivity index (χ1v) is 4.39. The van der Waals surface area contributed by atoms with Crippen LogP contribution in [0, 0.1) is 0 Å². The third kappa shape index (κ3) is 2.85. The number of phenolic OH excluding ortho intramolecular Hbond substituents is 2. The van der Waals surface area contributed by atoms with Crippen LogP contribution in [-0.4, -0.2) is 23.3 Å². The number of hydrogen-bond donors (Lipinski definition) is 3. The lowest BCUT2D eigenvalue weighted by molar-refractivity contribution is -0.141. The molecule has 0 amide bonds. The van der Waals surface area contributed by atoms with E-state index in [-0.39, 0.29) is 17.9 Å². The van der Waals surface area contributed by atoms with E-state index in [1.54, 1.807) is 0 Å². The predicted octanol–water partition coefficient (Wildman–Crippen LogP) is 0.661. The summed E-state index contributed by atoms with van der Waals surface area (Å²) in [7, 11) is 1.26. The summed E-state index contributed by atoms with van der Waals surface area (Å²) in [4.78, 5) is 10.9. The largest absolute Gasteiger partial charge is 0.508 e. The van der Waals surface area contributed by atoms with E-state index in [9.17, 15) is 15.0 Å². The molecule has 0 spiro atoms. The fourth-order valence-corrected chi connectivity index (χ4v) is 1.21. The summed E-state index contributed by atoms with van der Waals surface area (Å²) in [6.07, 6.45) is -0.0481. The molecule has 0 radical (unpaired) electrons. The Labute approximate surface area is 87.1 Å². The zero-order chi connectivity index (χ0) is 11.4. The molecule has 82 valence electrons. The van der Waals surface area contributed by atoms with Gasteiger partial charge >= 0.3 is 5.97 Å². The van der Waals surface area contributed by atoms with Gasteiger partial charge in [0.25, 0.3) is 0 Å². The Kier molecular flexibility index (Phi) is 3.51. The quantitative estimate of drug-likeness (QED) is 0.504. The maximum atomic E-state index is 10.9. The lowest BCUT2D eigenvalue weighted by Crippen LogP contribution is -2.16. The minimum atomic E-state index is -0.690. The predicted molar refractivity (Wildman–Crippen MR) is 53.3 cm³/mol. The van der Waals surface area contributed by atoms with Crippen LogP contribution in [0.3, 0.4) is 0 Å². The zero-order valence-corrected chi connectivity index (χ0v) is 8.30. The van der Waals surface area contributed by atoms with Gasteiger partial charge in [-0.05, 0) is 18.2 Å². The minimum Gasteiger partial charge on any atom is -0.508 e. The van der Waals surface area contributed by atoms with Crippen LogP contribution in [0.15, 0.2) is 18.2 Å². The number of hydrogen-bond acceptors (Lipinski definition) is 5. The second kappa shape index (κ2) is 4.65. The number of aromatic hydroxyl groups is 2. The van der Waals surface area contributed by atoms with Gasteiger partial charge in [0.15, 0.2) is 0 Å². The molecule has 1 rings (SSSR count). The molecule has 0 fully saturated rings. The monoisotopic (exact) mass is 211 g/mol. The second-order valence-electron chi connectivity index (χ2n) is 3.13. The van der Waals surface area contributed by atoms with Crippen molar-refractivity contribution < 1.29 is 19.7 Å². The molecule has 0 aromatic heterocycles. The Balaban J connectivity index is 2.85. The van der Waals surface area contributed by atoms with Gasteiger partial charge in [0.05, 0.1) is 13.5 Å². The van der Waals surface area contributed by atoms with E-state index in [1.807, 2.05) is 0 Å². The number of carbonyl (C=O) groups excluding carboxylic acids is 1. The lowest BCUT2D eigenvalue weighted by atomic mass is 10.0. The van der Waals surface area contributed by atoms with Crippen LogP contribution >= 0.6 is 0 Å². The average molecular weight is 211 g/mol. The maximum Gasteiger partial charge on any atom is 0.307 e. The Hall–Kier alpha value is -1.75. The Bertz CT molecular complexity index is 364. The summed E-state index contributed by atoms with van der Waals surface area (Å²) >= 11 is 0. The zero-order valence-electron chi connectivity index (χ0n) is 8.30. The molecule has 4 N–H and O–H groups in total. The van der Waals surface area contributed by atoms with E-state index < -0.39 is 12.0 Å². The molecule has 5 nitrogen and oxygen atoms in total. The van der Waals surface area contributed by atoms with E-state index in [0.29, 0.717) is 5.56 Å². The first-order chi connectivity index (χ1) is 7.04. The molecule has 15 heavy (non-hydrogen) atoms. The highest BCUT2D eigenvalue weighted by atomic mass is 16.5. The van der Waals surface area contributed by atoms with Crippen LogP contribution in [0.2, 0.25) is 0 Å². The number of benzene rings is 1. The number of esters is 1. The fraction of sp³-hybridized carbons (Fsp3) is 0.300. The van der Waals surface area contributed by atoms with E-state index in [2.05, 4.69) is 4.74 Å². The third-order valence-electron chi connectivity index (χ3n) is 2.02. The molecule has 0 aliphatic rings. The first kappa shape index (κ1) is 11.3. The summed E-state index contributed by atoms with van der Waals surface area (Å²) in [6.45, 7) is 0. The first-order valence-electron chi connectivity index (χ1n) is 4.39. The van der Waals surface area contributed by atoms with Gasteiger partial charge in [0.1, 0.15) is 11.5 Å². The molecule has 0 bridgehead atoms.